The second-order valence-electron chi connectivity index (χ2n) is 7.65. The van der Waals surface area contributed by atoms with Gasteiger partial charge in [-0.25, -0.2) is 4.98 Å². The van der Waals surface area contributed by atoms with Crippen LogP contribution < -0.4 is 9.64 Å². The van der Waals surface area contributed by atoms with Gasteiger partial charge in [-0.15, -0.1) is 0 Å². The number of ether oxygens (including phenoxy) is 1. The first kappa shape index (κ1) is 22.1. The van der Waals surface area contributed by atoms with Gasteiger partial charge in [-0.2, -0.15) is 0 Å². The van der Waals surface area contributed by atoms with E-state index in [1.165, 1.54) is 16.2 Å². The summed E-state index contributed by atoms with van der Waals surface area (Å²) in [6, 6.07) is 20.4. The number of halogens is 1. The highest BCUT2D eigenvalue weighted by Gasteiger charge is 2.48. The lowest BCUT2D eigenvalue weighted by molar-refractivity contribution is -0.132. The Bertz CT molecular complexity index is 1450. The minimum Gasteiger partial charge on any atom is -0.507 e. The number of fused-ring (bicyclic) bond motifs is 1. The van der Waals surface area contributed by atoms with Gasteiger partial charge in [0, 0.05) is 10.6 Å². The molecule has 4 aromatic rings. The summed E-state index contributed by atoms with van der Waals surface area (Å²) < 4.78 is 6.33. The molecule has 0 radical (unpaired) electrons. The van der Waals surface area contributed by atoms with Crippen molar-refractivity contribution < 1.29 is 19.4 Å². The summed E-state index contributed by atoms with van der Waals surface area (Å²) in [4.78, 5) is 32.5. The number of carbonyl (C=O) groups excluding carboxylic acids is 2. The van der Waals surface area contributed by atoms with Crippen LogP contribution in [-0.4, -0.2) is 28.4 Å². The van der Waals surface area contributed by atoms with Crippen LogP contribution in [0.4, 0.5) is 5.13 Å². The molecule has 1 atom stereocenters. The lowest BCUT2D eigenvalue weighted by atomic mass is 9.95. The minimum absolute atomic E-state index is 0.00198. The Labute approximate surface area is 204 Å². The van der Waals surface area contributed by atoms with E-state index in [0.29, 0.717) is 39.2 Å². The fourth-order valence-electron chi connectivity index (χ4n) is 4.03. The number of rotatable bonds is 5. The summed E-state index contributed by atoms with van der Waals surface area (Å²) in [6.45, 7) is 2.32. The van der Waals surface area contributed by atoms with Crippen LogP contribution in [0.5, 0.6) is 5.75 Å². The summed E-state index contributed by atoms with van der Waals surface area (Å²) in [5.74, 6) is -1.23. The molecule has 1 N–H and O–H groups in total. The van der Waals surface area contributed by atoms with Gasteiger partial charge in [0.25, 0.3) is 5.78 Å². The molecule has 0 bridgehead atoms. The van der Waals surface area contributed by atoms with Crippen LogP contribution >= 0.6 is 22.9 Å². The van der Waals surface area contributed by atoms with Crippen molar-refractivity contribution in [3.8, 4) is 5.75 Å². The van der Waals surface area contributed by atoms with Gasteiger partial charge in [-0.1, -0.05) is 65.4 Å². The lowest BCUT2D eigenvalue weighted by Crippen LogP contribution is -2.29. The first-order chi connectivity index (χ1) is 16.5. The van der Waals surface area contributed by atoms with E-state index in [9.17, 15) is 14.7 Å². The number of nitrogens with zero attached hydrogens (tertiary/aromatic N) is 2. The molecule has 3 aromatic carbocycles. The van der Waals surface area contributed by atoms with E-state index in [2.05, 4.69) is 4.98 Å². The normalized spacial score (nSPS) is 17.5. The first-order valence-corrected chi connectivity index (χ1v) is 11.8. The predicted molar refractivity (Wildman–Crippen MR) is 133 cm³/mol. The standard InChI is InChI=1S/C26H19ClN2O4S/c1-2-33-18-10-6-9-16(13-18)23(30)21-22(15-7-4-3-5-8-15)29(25(32)24(21)31)26-28-19-12-11-17(27)14-20(19)34-26/h3-14,22,30H,2H2,1H3. The van der Waals surface area contributed by atoms with Crippen molar-refractivity contribution in [2.45, 2.75) is 13.0 Å². The van der Waals surface area contributed by atoms with Crippen molar-refractivity contribution in [1.29, 1.82) is 0 Å². The molecule has 8 heteroatoms. The highest BCUT2D eigenvalue weighted by Crippen LogP contribution is 2.44. The molecule has 0 aliphatic carbocycles. The van der Waals surface area contributed by atoms with Gasteiger partial charge in [0.15, 0.2) is 5.13 Å². The van der Waals surface area contributed by atoms with Crippen molar-refractivity contribution >= 4 is 55.7 Å². The molecule has 2 heterocycles. The molecule has 1 amide bonds. The van der Waals surface area contributed by atoms with E-state index >= 15 is 0 Å². The number of carbonyl (C=O) groups is 2. The van der Waals surface area contributed by atoms with E-state index < -0.39 is 17.7 Å². The van der Waals surface area contributed by atoms with Crippen LogP contribution in [0.1, 0.15) is 24.1 Å². The number of thiazole rings is 1. The number of hydrogen-bond donors (Lipinski definition) is 1. The van der Waals surface area contributed by atoms with Gasteiger partial charge in [0.1, 0.15) is 11.5 Å². The molecule has 1 saturated heterocycles. The summed E-state index contributed by atoms with van der Waals surface area (Å²) in [5.41, 5.74) is 1.74. The molecular formula is C26H19ClN2O4S. The SMILES string of the molecule is CCOc1cccc(C(O)=C2C(=O)C(=O)N(c3nc4ccc(Cl)cc4s3)C2c2ccccc2)c1. The van der Waals surface area contributed by atoms with Crippen molar-refractivity contribution in [3.63, 3.8) is 0 Å². The summed E-state index contributed by atoms with van der Waals surface area (Å²) in [6.07, 6.45) is 0. The van der Waals surface area contributed by atoms with Gasteiger partial charge < -0.3 is 9.84 Å². The molecule has 0 saturated carbocycles. The largest absolute Gasteiger partial charge is 0.507 e. The van der Waals surface area contributed by atoms with Gasteiger partial charge >= 0.3 is 5.91 Å². The van der Waals surface area contributed by atoms with Crippen LogP contribution in [0.2, 0.25) is 5.02 Å². The third kappa shape index (κ3) is 3.83. The maximum absolute atomic E-state index is 13.3. The zero-order chi connectivity index (χ0) is 23.8. The molecule has 34 heavy (non-hydrogen) atoms. The Hall–Kier alpha value is -3.68. The van der Waals surface area contributed by atoms with E-state index in [1.807, 2.05) is 37.3 Å². The fourth-order valence-corrected chi connectivity index (χ4v) is 5.29. The van der Waals surface area contributed by atoms with E-state index in [0.717, 1.165) is 4.70 Å². The molecule has 5 rings (SSSR count). The van der Waals surface area contributed by atoms with Gasteiger partial charge in [-0.3, -0.25) is 14.5 Å². The summed E-state index contributed by atoms with van der Waals surface area (Å²) in [5, 5.41) is 12.2. The van der Waals surface area contributed by atoms with Crippen molar-refractivity contribution in [1.82, 2.24) is 4.98 Å². The number of aromatic nitrogens is 1. The van der Waals surface area contributed by atoms with Crippen LogP contribution in [0.3, 0.4) is 0 Å². The number of Topliss-reactive ketones (excluding diaryl/α,β-unsaturated/α-hetero) is 1. The van der Waals surface area contributed by atoms with E-state index in [-0.39, 0.29) is 11.3 Å². The Balaban J connectivity index is 1.70. The third-order valence-electron chi connectivity index (χ3n) is 5.52. The average molecular weight is 491 g/mol. The monoisotopic (exact) mass is 490 g/mol. The van der Waals surface area contributed by atoms with Crippen LogP contribution in [-0.2, 0) is 9.59 Å². The Morgan fingerprint density at radius 1 is 1.09 bits per heavy atom. The molecule has 1 aromatic heterocycles. The number of ketones is 1. The molecule has 1 aliphatic rings. The Kier molecular flexibility index (Phi) is 5.81. The number of amides is 1. The predicted octanol–water partition coefficient (Wildman–Crippen LogP) is 5.97. The maximum atomic E-state index is 13.3. The molecule has 1 unspecified atom stereocenters. The van der Waals surface area contributed by atoms with E-state index in [1.54, 1.807) is 42.5 Å². The van der Waals surface area contributed by atoms with Gasteiger partial charge in [0.2, 0.25) is 0 Å². The zero-order valence-electron chi connectivity index (χ0n) is 18.1. The number of hydrogen-bond acceptors (Lipinski definition) is 6. The topological polar surface area (TPSA) is 79.7 Å². The third-order valence-corrected chi connectivity index (χ3v) is 6.78. The second kappa shape index (κ2) is 8.93. The van der Waals surface area contributed by atoms with Crippen LogP contribution in [0, 0.1) is 0 Å². The van der Waals surface area contributed by atoms with Crippen molar-refractivity contribution in [2.24, 2.45) is 0 Å². The zero-order valence-corrected chi connectivity index (χ0v) is 19.6. The second-order valence-corrected chi connectivity index (χ2v) is 9.09. The van der Waals surface area contributed by atoms with Crippen molar-refractivity contribution in [3.05, 3.63) is 94.5 Å². The molecule has 6 nitrogen and oxygen atoms in total. The summed E-state index contributed by atoms with van der Waals surface area (Å²) >= 11 is 7.39. The molecular weight excluding hydrogens is 472 g/mol. The number of anilines is 1. The average Bonchev–Trinajstić information content (AvgIpc) is 3.37. The Morgan fingerprint density at radius 2 is 1.88 bits per heavy atom. The van der Waals surface area contributed by atoms with Crippen molar-refractivity contribution in [2.75, 3.05) is 11.5 Å². The fraction of sp³-hybridized carbons (Fsp3) is 0.115. The van der Waals surface area contributed by atoms with Crippen LogP contribution in [0.25, 0.3) is 16.0 Å². The quantitative estimate of drug-likeness (QED) is 0.211. The number of aliphatic hydroxyl groups is 1. The summed E-state index contributed by atoms with van der Waals surface area (Å²) in [7, 11) is 0. The molecule has 1 aliphatic heterocycles. The van der Waals surface area contributed by atoms with Gasteiger partial charge in [-0.05, 0) is 42.8 Å². The van der Waals surface area contributed by atoms with Gasteiger partial charge in [0.05, 0.1) is 28.4 Å². The first-order valence-electron chi connectivity index (χ1n) is 10.6. The molecule has 0 spiro atoms. The molecule has 1 fully saturated rings. The maximum Gasteiger partial charge on any atom is 0.301 e. The Morgan fingerprint density at radius 3 is 2.65 bits per heavy atom. The number of benzene rings is 3. The van der Waals surface area contributed by atoms with Crippen LogP contribution in [0.15, 0.2) is 78.4 Å². The highest BCUT2D eigenvalue weighted by atomic mass is 35.5. The molecule has 170 valence electrons. The lowest BCUT2D eigenvalue weighted by Gasteiger charge is -2.23. The minimum atomic E-state index is -0.840. The highest BCUT2D eigenvalue weighted by molar-refractivity contribution is 7.22. The van der Waals surface area contributed by atoms with E-state index in [4.69, 9.17) is 16.3 Å². The number of aliphatic hydroxyl groups excluding tert-OH is 1. The smallest absolute Gasteiger partial charge is 0.301 e.